The van der Waals surface area contributed by atoms with Gasteiger partial charge in [0.1, 0.15) is 17.7 Å². The fourth-order valence-corrected chi connectivity index (χ4v) is 3.07. The molecule has 0 bridgehead atoms. The predicted octanol–water partition coefficient (Wildman–Crippen LogP) is 3.77. The van der Waals surface area contributed by atoms with E-state index in [0.717, 1.165) is 16.9 Å². The first kappa shape index (κ1) is 18.5. The quantitative estimate of drug-likeness (QED) is 0.881. The molecule has 0 saturated carbocycles. The molecule has 1 unspecified atom stereocenters. The zero-order valence-electron chi connectivity index (χ0n) is 14.4. The molecule has 1 heterocycles. The van der Waals surface area contributed by atoms with Crippen LogP contribution >= 0.6 is 11.6 Å². The van der Waals surface area contributed by atoms with Gasteiger partial charge >= 0.3 is 6.03 Å². The maximum atomic E-state index is 13.3. The molecule has 1 fully saturated rings. The number of halogens is 2. The van der Waals surface area contributed by atoms with Gasteiger partial charge in [0.25, 0.3) is 0 Å². The van der Waals surface area contributed by atoms with Crippen LogP contribution in [-0.2, 0) is 11.3 Å². The van der Waals surface area contributed by atoms with Crippen LogP contribution in [0.2, 0.25) is 5.02 Å². The van der Waals surface area contributed by atoms with Crippen molar-refractivity contribution in [1.29, 1.82) is 0 Å². The second-order valence-electron chi connectivity index (χ2n) is 5.95. The smallest absolute Gasteiger partial charge is 0.317 e. The van der Waals surface area contributed by atoms with Gasteiger partial charge in [-0.15, -0.1) is 0 Å². The minimum atomic E-state index is -0.474. The zero-order valence-corrected chi connectivity index (χ0v) is 15.1. The number of ether oxygens (including phenoxy) is 2. The van der Waals surface area contributed by atoms with E-state index in [1.54, 1.807) is 18.1 Å². The van der Waals surface area contributed by atoms with Gasteiger partial charge < -0.3 is 19.7 Å². The summed E-state index contributed by atoms with van der Waals surface area (Å²) in [6.07, 6.45) is -0.334. The number of hydrogen-bond donors (Lipinski definition) is 1. The van der Waals surface area contributed by atoms with Crippen molar-refractivity contribution in [2.75, 3.05) is 26.8 Å². The molecular formula is C19H20ClFN2O3. The van der Waals surface area contributed by atoms with E-state index in [2.05, 4.69) is 5.32 Å². The Hall–Kier alpha value is -2.31. The van der Waals surface area contributed by atoms with E-state index in [-0.39, 0.29) is 17.2 Å². The molecule has 1 aliphatic heterocycles. The molecule has 2 aromatic carbocycles. The number of nitrogens with zero attached hydrogens (tertiary/aromatic N) is 1. The van der Waals surface area contributed by atoms with Crippen molar-refractivity contribution in [3.63, 3.8) is 0 Å². The summed E-state index contributed by atoms with van der Waals surface area (Å²) < 4.78 is 24.3. The van der Waals surface area contributed by atoms with Gasteiger partial charge in [0, 0.05) is 18.7 Å². The van der Waals surface area contributed by atoms with Crippen molar-refractivity contribution >= 4 is 17.6 Å². The average Bonchev–Trinajstić information content (AvgIpc) is 2.68. The highest BCUT2D eigenvalue weighted by Crippen LogP contribution is 2.26. The number of nitrogens with one attached hydrogen (secondary N) is 1. The Bertz CT molecular complexity index is 787. The molecule has 1 atom stereocenters. The molecule has 2 amide bonds. The Kier molecular flexibility index (Phi) is 5.96. The second kappa shape index (κ2) is 8.38. The van der Waals surface area contributed by atoms with E-state index in [1.807, 2.05) is 24.3 Å². The lowest BCUT2D eigenvalue weighted by Crippen LogP contribution is -2.47. The van der Waals surface area contributed by atoms with E-state index in [9.17, 15) is 9.18 Å². The lowest BCUT2D eigenvalue weighted by molar-refractivity contribution is -0.0155. The molecule has 138 valence electrons. The number of hydrogen-bond acceptors (Lipinski definition) is 3. The molecule has 7 heteroatoms. The van der Waals surface area contributed by atoms with Crippen LogP contribution in [0, 0.1) is 5.82 Å². The van der Waals surface area contributed by atoms with Crippen LogP contribution in [0.25, 0.3) is 0 Å². The van der Waals surface area contributed by atoms with Gasteiger partial charge in [-0.2, -0.15) is 0 Å². The number of methoxy groups -OCH3 is 1. The van der Waals surface area contributed by atoms with Gasteiger partial charge in [-0.3, -0.25) is 0 Å². The zero-order chi connectivity index (χ0) is 18.5. The molecular weight excluding hydrogens is 359 g/mol. The Morgan fingerprint density at radius 1 is 1.38 bits per heavy atom. The third-order valence-corrected chi connectivity index (χ3v) is 4.58. The van der Waals surface area contributed by atoms with Gasteiger partial charge in [-0.1, -0.05) is 35.9 Å². The molecule has 0 aromatic heterocycles. The molecule has 1 aliphatic rings. The number of carbonyl (C=O) groups excluding carboxylic acids is 1. The van der Waals surface area contributed by atoms with Crippen molar-refractivity contribution in [2.24, 2.45) is 0 Å². The lowest BCUT2D eigenvalue weighted by Gasteiger charge is -2.33. The summed E-state index contributed by atoms with van der Waals surface area (Å²) in [6.45, 7) is 1.64. The van der Waals surface area contributed by atoms with Crippen LogP contribution in [0.4, 0.5) is 9.18 Å². The molecule has 3 rings (SSSR count). The topological polar surface area (TPSA) is 50.8 Å². The van der Waals surface area contributed by atoms with Gasteiger partial charge in [-0.25, -0.2) is 9.18 Å². The van der Waals surface area contributed by atoms with E-state index < -0.39 is 5.82 Å². The Labute approximate surface area is 156 Å². The van der Waals surface area contributed by atoms with E-state index in [1.165, 1.54) is 12.1 Å². The summed E-state index contributed by atoms with van der Waals surface area (Å²) >= 11 is 5.84. The molecule has 0 spiro atoms. The van der Waals surface area contributed by atoms with Gasteiger partial charge in [0.05, 0.1) is 25.3 Å². The van der Waals surface area contributed by atoms with Crippen LogP contribution < -0.4 is 10.1 Å². The van der Waals surface area contributed by atoms with Crippen molar-refractivity contribution in [2.45, 2.75) is 12.6 Å². The van der Waals surface area contributed by atoms with Crippen LogP contribution in [0.3, 0.4) is 0 Å². The fourth-order valence-electron chi connectivity index (χ4n) is 2.88. The maximum Gasteiger partial charge on any atom is 0.317 e. The van der Waals surface area contributed by atoms with E-state index in [0.29, 0.717) is 26.2 Å². The second-order valence-corrected chi connectivity index (χ2v) is 6.36. The number of urea groups is 1. The largest absolute Gasteiger partial charge is 0.496 e. The molecule has 0 radical (unpaired) electrons. The number of carbonyl (C=O) groups is 1. The number of para-hydroxylation sites is 1. The highest BCUT2D eigenvalue weighted by atomic mass is 35.5. The van der Waals surface area contributed by atoms with Crippen LogP contribution in [0.15, 0.2) is 42.5 Å². The predicted molar refractivity (Wildman–Crippen MR) is 96.9 cm³/mol. The van der Waals surface area contributed by atoms with Crippen LogP contribution in [0.5, 0.6) is 5.75 Å². The highest BCUT2D eigenvalue weighted by molar-refractivity contribution is 6.30. The van der Waals surface area contributed by atoms with Crippen molar-refractivity contribution in [1.82, 2.24) is 10.2 Å². The summed E-state index contributed by atoms with van der Waals surface area (Å²) in [7, 11) is 1.60. The fraction of sp³-hybridized carbons (Fsp3) is 0.316. The number of rotatable bonds is 4. The molecule has 26 heavy (non-hydrogen) atoms. The summed E-state index contributed by atoms with van der Waals surface area (Å²) in [5.74, 6) is 0.256. The third kappa shape index (κ3) is 4.26. The maximum absolute atomic E-state index is 13.3. The summed E-state index contributed by atoms with van der Waals surface area (Å²) in [5, 5.41) is 2.95. The Morgan fingerprint density at radius 3 is 2.96 bits per heavy atom. The summed E-state index contributed by atoms with van der Waals surface area (Å²) in [4.78, 5) is 14.2. The highest BCUT2D eigenvalue weighted by Gasteiger charge is 2.26. The van der Waals surface area contributed by atoms with Crippen molar-refractivity contribution in [3.8, 4) is 5.75 Å². The molecule has 1 saturated heterocycles. The van der Waals surface area contributed by atoms with Crippen molar-refractivity contribution in [3.05, 3.63) is 64.4 Å². The average molecular weight is 379 g/mol. The first-order chi connectivity index (χ1) is 12.6. The van der Waals surface area contributed by atoms with Gasteiger partial charge in [0.15, 0.2) is 0 Å². The van der Waals surface area contributed by atoms with Gasteiger partial charge in [-0.05, 0) is 23.8 Å². The van der Waals surface area contributed by atoms with Crippen molar-refractivity contribution < 1.29 is 18.7 Å². The number of amides is 2. The first-order valence-electron chi connectivity index (χ1n) is 8.29. The Morgan fingerprint density at radius 2 is 2.19 bits per heavy atom. The summed E-state index contributed by atoms with van der Waals surface area (Å²) in [5.41, 5.74) is 1.65. The molecule has 2 aromatic rings. The first-order valence-corrected chi connectivity index (χ1v) is 8.67. The van der Waals surface area contributed by atoms with Crippen LogP contribution in [-0.4, -0.2) is 37.7 Å². The van der Waals surface area contributed by atoms with E-state index in [4.69, 9.17) is 21.1 Å². The molecule has 1 N–H and O–H groups in total. The summed E-state index contributed by atoms with van der Waals surface area (Å²) in [6, 6.07) is 11.8. The van der Waals surface area contributed by atoms with E-state index >= 15 is 0 Å². The minimum absolute atomic E-state index is 0.0452. The number of morpholine rings is 1. The number of benzene rings is 2. The SMILES string of the molecule is COc1ccccc1CNC(=O)N1CCOC(c2ccc(F)c(Cl)c2)C1. The lowest BCUT2D eigenvalue weighted by atomic mass is 10.1. The van der Waals surface area contributed by atoms with Crippen LogP contribution in [0.1, 0.15) is 17.2 Å². The monoisotopic (exact) mass is 378 g/mol. The molecule has 0 aliphatic carbocycles. The third-order valence-electron chi connectivity index (χ3n) is 4.29. The normalized spacial score (nSPS) is 17.0. The standard InChI is InChI=1S/C19H20ClFN2O3/c1-25-17-5-3-2-4-14(17)11-22-19(24)23-8-9-26-18(12-23)13-6-7-16(21)15(20)10-13/h2-7,10,18H,8-9,11-12H2,1H3,(H,22,24). The minimum Gasteiger partial charge on any atom is -0.496 e. The van der Waals surface area contributed by atoms with Gasteiger partial charge in [0.2, 0.25) is 0 Å². The Balaban J connectivity index is 1.61. The molecule has 5 nitrogen and oxygen atoms in total.